The summed E-state index contributed by atoms with van der Waals surface area (Å²) in [4.78, 5) is 26.6. The molecule has 0 spiro atoms. The first-order valence-corrected chi connectivity index (χ1v) is 9.64. The van der Waals surface area contributed by atoms with Gasteiger partial charge in [-0.15, -0.1) is 0 Å². The van der Waals surface area contributed by atoms with Gasteiger partial charge < -0.3 is 0 Å². The van der Waals surface area contributed by atoms with Gasteiger partial charge in [0.2, 0.25) is 11.8 Å². The van der Waals surface area contributed by atoms with Crippen molar-refractivity contribution in [3.8, 4) is 0 Å². The number of hydrogen-bond acceptors (Lipinski definition) is 3. The van der Waals surface area contributed by atoms with E-state index in [4.69, 9.17) is 34.8 Å². The summed E-state index contributed by atoms with van der Waals surface area (Å²) in [6.45, 7) is 0.293. The zero-order valence-corrected chi connectivity index (χ0v) is 16.1. The first kappa shape index (κ1) is 17.8. The highest BCUT2D eigenvalue weighted by atomic mass is 35.5. The third kappa shape index (κ3) is 2.92. The Morgan fingerprint density at radius 3 is 2.12 bits per heavy atom. The highest BCUT2D eigenvalue weighted by Gasteiger charge is 2.50. The molecule has 0 bridgehead atoms. The molecule has 0 unspecified atom stereocenters. The van der Waals surface area contributed by atoms with Gasteiger partial charge in [-0.05, 0) is 25.0 Å². The molecule has 4 rings (SSSR count). The number of halogens is 3. The average molecular weight is 413 g/mol. The first-order chi connectivity index (χ1) is 12.5. The van der Waals surface area contributed by atoms with Gasteiger partial charge >= 0.3 is 0 Å². The van der Waals surface area contributed by atoms with Crippen LogP contribution in [-0.2, 0) is 16.1 Å². The molecule has 2 fully saturated rings. The molecule has 1 aromatic carbocycles. The molecule has 2 aliphatic rings. The standard InChI is InChI=1S/C18H16Cl3N3O2/c19-13-6-3-7-14(20)12(13)8-23-9-15(21)16(22-23)24-17(25)10-4-1-2-5-11(10)18(24)26/h3,6-7,9-11H,1-2,4-5,8H2/t10-,11+. The number of carbonyl (C=O) groups is 2. The van der Waals surface area contributed by atoms with Gasteiger partial charge in [-0.25, -0.2) is 4.90 Å². The van der Waals surface area contributed by atoms with Gasteiger partial charge in [-0.1, -0.05) is 53.7 Å². The maximum atomic E-state index is 12.7. The molecule has 1 aromatic heterocycles. The summed E-state index contributed by atoms with van der Waals surface area (Å²) in [5, 5.41) is 5.67. The predicted molar refractivity (Wildman–Crippen MR) is 101 cm³/mol. The number of aromatic nitrogens is 2. The van der Waals surface area contributed by atoms with Crippen LogP contribution in [-0.4, -0.2) is 21.6 Å². The fourth-order valence-corrected chi connectivity index (χ4v) is 4.59. The van der Waals surface area contributed by atoms with E-state index in [0.29, 0.717) is 22.2 Å². The monoisotopic (exact) mass is 411 g/mol. The van der Waals surface area contributed by atoms with Gasteiger partial charge in [0.25, 0.3) is 0 Å². The van der Waals surface area contributed by atoms with Crippen LogP contribution in [0.5, 0.6) is 0 Å². The van der Waals surface area contributed by atoms with Crippen LogP contribution in [0.1, 0.15) is 31.2 Å². The van der Waals surface area contributed by atoms with E-state index in [9.17, 15) is 9.59 Å². The van der Waals surface area contributed by atoms with Crippen molar-refractivity contribution in [2.24, 2.45) is 11.8 Å². The summed E-state index contributed by atoms with van der Waals surface area (Å²) in [5.74, 6) is -0.671. The maximum Gasteiger partial charge on any atom is 0.238 e. The van der Waals surface area contributed by atoms with E-state index in [2.05, 4.69) is 5.10 Å². The van der Waals surface area contributed by atoms with E-state index in [1.165, 1.54) is 0 Å². The van der Waals surface area contributed by atoms with E-state index in [0.717, 1.165) is 30.6 Å². The molecule has 2 heterocycles. The zero-order valence-electron chi connectivity index (χ0n) is 13.8. The lowest BCUT2D eigenvalue weighted by atomic mass is 9.81. The molecule has 1 saturated heterocycles. The van der Waals surface area contributed by atoms with Crippen molar-refractivity contribution in [1.82, 2.24) is 9.78 Å². The molecule has 5 nitrogen and oxygen atoms in total. The molecule has 2 amide bonds. The second-order valence-corrected chi connectivity index (χ2v) is 7.93. The largest absolute Gasteiger partial charge is 0.274 e. The summed E-state index contributed by atoms with van der Waals surface area (Å²) in [5.41, 5.74) is 0.703. The van der Waals surface area contributed by atoms with Crippen LogP contribution in [0.2, 0.25) is 15.1 Å². The minimum Gasteiger partial charge on any atom is -0.274 e. The van der Waals surface area contributed by atoms with Crippen molar-refractivity contribution in [1.29, 1.82) is 0 Å². The molecule has 0 radical (unpaired) electrons. The Bertz CT molecular complexity index is 852. The number of hydrogen-bond donors (Lipinski definition) is 0. The second-order valence-electron chi connectivity index (χ2n) is 6.71. The van der Waals surface area contributed by atoms with E-state index in [-0.39, 0.29) is 34.5 Å². The Labute approximate surface area is 165 Å². The van der Waals surface area contributed by atoms with Crippen LogP contribution in [0.4, 0.5) is 5.82 Å². The predicted octanol–water partition coefficient (Wildman–Crippen LogP) is 4.57. The number of benzene rings is 1. The summed E-state index contributed by atoms with van der Waals surface area (Å²) >= 11 is 18.7. The van der Waals surface area contributed by atoms with Crippen LogP contribution in [0, 0.1) is 11.8 Å². The molecule has 8 heteroatoms. The zero-order chi connectivity index (χ0) is 18.4. The van der Waals surface area contributed by atoms with E-state index < -0.39 is 0 Å². The molecule has 26 heavy (non-hydrogen) atoms. The Morgan fingerprint density at radius 2 is 1.54 bits per heavy atom. The van der Waals surface area contributed by atoms with Crippen molar-refractivity contribution in [2.45, 2.75) is 32.2 Å². The lowest BCUT2D eigenvalue weighted by Crippen LogP contribution is -2.31. The van der Waals surface area contributed by atoms with Gasteiger partial charge in [0.1, 0.15) is 5.02 Å². The molecule has 2 atom stereocenters. The summed E-state index contributed by atoms with van der Waals surface area (Å²) in [6.07, 6.45) is 5.03. The quantitative estimate of drug-likeness (QED) is 0.694. The fraction of sp³-hybridized carbons (Fsp3) is 0.389. The summed E-state index contributed by atoms with van der Waals surface area (Å²) in [6, 6.07) is 5.25. The SMILES string of the molecule is O=C1[C@H]2CCCC[C@H]2C(=O)N1c1nn(Cc2c(Cl)cccc2Cl)cc1Cl. The third-order valence-electron chi connectivity index (χ3n) is 5.13. The molecule has 0 N–H and O–H groups in total. The minimum atomic E-state index is -0.240. The lowest BCUT2D eigenvalue weighted by Gasteiger charge is -2.19. The number of imide groups is 1. The van der Waals surface area contributed by atoms with E-state index in [1.807, 2.05) is 0 Å². The normalized spacial score (nSPS) is 22.8. The number of rotatable bonds is 3. The van der Waals surface area contributed by atoms with Gasteiger partial charge in [0.15, 0.2) is 5.82 Å². The third-order valence-corrected chi connectivity index (χ3v) is 6.11. The molecular formula is C18H16Cl3N3O2. The van der Waals surface area contributed by atoms with Crippen LogP contribution >= 0.6 is 34.8 Å². The minimum absolute atomic E-state index is 0.192. The van der Waals surface area contributed by atoms with Crippen molar-refractivity contribution < 1.29 is 9.59 Å². The van der Waals surface area contributed by atoms with Crippen molar-refractivity contribution in [3.05, 3.63) is 45.0 Å². The van der Waals surface area contributed by atoms with Crippen molar-refractivity contribution in [3.63, 3.8) is 0 Å². The highest BCUT2D eigenvalue weighted by molar-refractivity contribution is 6.36. The second kappa shape index (κ2) is 6.87. The molecule has 1 saturated carbocycles. The fourth-order valence-electron chi connectivity index (χ4n) is 3.84. The maximum absolute atomic E-state index is 12.7. The van der Waals surface area contributed by atoms with E-state index >= 15 is 0 Å². The molecule has 2 aromatic rings. The highest BCUT2D eigenvalue weighted by Crippen LogP contribution is 2.41. The van der Waals surface area contributed by atoms with Crippen LogP contribution < -0.4 is 4.90 Å². The van der Waals surface area contributed by atoms with Gasteiger partial charge in [-0.3, -0.25) is 14.3 Å². The van der Waals surface area contributed by atoms with Crippen LogP contribution in [0.3, 0.4) is 0 Å². The Kier molecular flexibility index (Phi) is 4.71. The van der Waals surface area contributed by atoms with E-state index in [1.54, 1.807) is 29.1 Å². The lowest BCUT2D eigenvalue weighted by molar-refractivity contribution is -0.122. The van der Waals surface area contributed by atoms with Gasteiger partial charge in [-0.2, -0.15) is 5.10 Å². The van der Waals surface area contributed by atoms with Crippen LogP contribution in [0.25, 0.3) is 0 Å². The molecular weight excluding hydrogens is 397 g/mol. The number of amides is 2. The topological polar surface area (TPSA) is 55.2 Å². The van der Waals surface area contributed by atoms with Crippen molar-refractivity contribution >= 4 is 52.4 Å². The molecule has 1 aliphatic heterocycles. The Morgan fingerprint density at radius 1 is 0.962 bits per heavy atom. The number of nitrogens with zero attached hydrogens (tertiary/aromatic N) is 3. The molecule has 136 valence electrons. The number of carbonyl (C=O) groups excluding carboxylic acids is 2. The Hall–Kier alpha value is -1.56. The smallest absolute Gasteiger partial charge is 0.238 e. The van der Waals surface area contributed by atoms with Gasteiger partial charge in [0, 0.05) is 21.8 Å². The average Bonchev–Trinajstić information content (AvgIpc) is 3.09. The molecule has 1 aliphatic carbocycles. The number of fused-ring (bicyclic) bond motifs is 1. The number of anilines is 1. The summed E-state index contributed by atoms with van der Waals surface area (Å²) in [7, 11) is 0. The first-order valence-electron chi connectivity index (χ1n) is 8.51. The van der Waals surface area contributed by atoms with Crippen molar-refractivity contribution in [2.75, 3.05) is 4.90 Å². The van der Waals surface area contributed by atoms with Crippen LogP contribution in [0.15, 0.2) is 24.4 Å². The van der Waals surface area contributed by atoms with Gasteiger partial charge in [0.05, 0.1) is 18.4 Å². The summed E-state index contributed by atoms with van der Waals surface area (Å²) < 4.78 is 1.55. The Balaban J connectivity index is 1.65.